The highest BCUT2D eigenvalue weighted by Gasteiger charge is 2.04. The lowest BCUT2D eigenvalue weighted by Crippen LogP contribution is -2.28. The van der Waals surface area contributed by atoms with Gasteiger partial charge >= 0.3 is 0 Å². The number of hydrogen-bond acceptors (Lipinski definition) is 3. The van der Waals surface area contributed by atoms with Crippen LogP contribution in [0, 0.1) is 6.92 Å². The van der Waals surface area contributed by atoms with Gasteiger partial charge in [-0.15, -0.1) is 0 Å². The predicted octanol–water partition coefficient (Wildman–Crippen LogP) is 3.30. The Kier molecular flexibility index (Phi) is 4.74. The van der Waals surface area contributed by atoms with Crippen LogP contribution in [0.3, 0.4) is 0 Å². The highest BCUT2D eigenvalue weighted by atomic mass is 15.1. The Labute approximate surface area is 115 Å². The lowest BCUT2D eigenvalue weighted by molar-refractivity contribution is 0.316. The van der Waals surface area contributed by atoms with Crippen molar-refractivity contribution in [2.75, 3.05) is 31.5 Å². The van der Waals surface area contributed by atoms with Crippen molar-refractivity contribution < 1.29 is 0 Å². The van der Waals surface area contributed by atoms with Crippen LogP contribution >= 0.6 is 0 Å². The summed E-state index contributed by atoms with van der Waals surface area (Å²) in [5.41, 5.74) is 3.48. The molecule has 102 valence electrons. The zero-order valence-corrected chi connectivity index (χ0v) is 12.1. The molecule has 3 heteroatoms. The van der Waals surface area contributed by atoms with Crippen molar-refractivity contribution in [3.05, 3.63) is 36.0 Å². The number of pyridine rings is 1. The largest absolute Gasteiger partial charge is 0.382 e. The maximum Gasteiger partial charge on any atom is 0.0935 e. The summed E-state index contributed by atoms with van der Waals surface area (Å²) in [6.07, 6.45) is 1.88. The van der Waals surface area contributed by atoms with Crippen LogP contribution < -0.4 is 5.32 Å². The second-order valence-corrected chi connectivity index (χ2v) is 4.78. The van der Waals surface area contributed by atoms with Crippen molar-refractivity contribution in [2.45, 2.75) is 20.8 Å². The summed E-state index contributed by atoms with van der Waals surface area (Å²) >= 11 is 0. The molecule has 0 bridgehead atoms. The molecule has 2 rings (SSSR count). The number of nitrogens with zero attached hydrogens (tertiary/aromatic N) is 2. The number of rotatable bonds is 6. The van der Waals surface area contributed by atoms with Crippen LogP contribution in [0.25, 0.3) is 10.9 Å². The number of aromatic nitrogens is 1. The second-order valence-electron chi connectivity index (χ2n) is 4.78. The number of benzene rings is 1. The molecule has 3 nitrogen and oxygen atoms in total. The highest BCUT2D eigenvalue weighted by molar-refractivity contribution is 5.92. The summed E-state index contributed by atoms with van der Waals surface area (Å²) in [6.45, 7) is 10.8. The smallest absolute Gasteiger partial charge is 0.0935 e. The second kappa shape index (κ2) is 6.53. The molecule has 2 aromatic rings. The summed E-state index contributed by atoms with van der Waals surface area (Å²) in [4.78, 5) is 6.92. The molecule has 0 saturated carbocycles. The van der Waals surface area contributed by atoms with Gasteiger partial charge < -0.3 is 10.2 Å². The van der Waals surface area contributed by atoms with E-state index < -0.39 is 0 Å². The zero-order valence-electron chi connectivity index (χ0n) is 12.1. The summed E-state index contributed by atoms with van der Waals surface area (Å²) in [5.74, 6) is 0. The summed E-state index contributed by atoms with van der Waals surface area (Å²) in [6, 6.07) is 8.39. The number of aryl methyl sites for hydroxylation is 1. The molecule has 1 aromatic heterocycles. The molecule has 0 aliphatic carbocycles. The molecular weight excluding hydrogens is 234 g/mol. The summed E-state index contributed by atoms with van der Waals surface area (Å²) in [5, 5.41) is 4.74. The van der Waals surface area contributed by atoms with E-state index in [2.05, 4.69) is 60.2 Å². The molecule has 0 fully saturated rings. The first-order valence-corrected chi connectivity index (χ1v) is 7.06. The molecule has 0 atom stereocenters. The van der Waals surface area contributed by atoms with Crippen LogP contribution in [-0.4, -0.2) is 36.1 Å². The van der Waals surface area contributed by atoms with Crippen LogP contribution in [0.1, 0.15) is 19.4 Å². The normalized spacial score (nSPS) is 11.2. The lowest BCUT2D eigenvalue weighted by Gasteiger charge is -2.18. The average Bonchev–Trinajstić information content (AvgIpc) is 2.44. The van der Waals surface area contributed by atoms with Crippen LogP contribution in [0.2, 0.25) is 0 Å². The Morgan fingerprint density at radius 2 is 1.95 bits per heavy atom. The van der Waals surface area contributed by atoms with Crippen LogP contribution in [0.5, 0.6) is 0 Å². The van der Waals surface area contributed by atoms with Crippen molar-refractivity contribution in [1.29, 1.82) is 0 Å². The van der Waals surface area contributed by atoms with Crippen molar-refractivity contribution in [1.82, 2.24) is 9.88 Å². The Hall–Kier alpha value is -1.61. The number of para-hydroxylation sites is 1. The van der Waals surface area contributed by atoms with Crippen molar-refractivity contribution in [3.8, 4) is 0 Å². The fraction of sp³-hybridized carbons (Fsp3) is 0.438. The Morgan fingerprint density at radius 3 is 2.68 bits per heavy atom. The number of anilines is 1. The Bertz CT molecular complexity index is 533. The molecule has 0 spiro atoms. The van der Waals surface area contributed by atoms with E-state index in [1.165, 1.54) is 10.9 Å². The van der Waals surface area contributed by atoms with Gasteiger partial charge in [-0.2, -0.15) is 0 Å². The van der Waals surface area contributed by atoms with Gasteiger partial charge in [0.2, 0.25) is 0 Å². The molecule has 1 aromatic carbocycles. The molecule has 0 aliphatic rings. The fourth-order valence-corrected chi connectivity index (χ4v) is 2.35. The van der Waals surface area contributed by atoms with Crippen LogP contribution in [0.4, 0.5) is 5.69 Å². The first-order valence-electron chi connectivity index (χ1n) is 7.06. The molecule has 0 radical (unpaired) electrons. The fourth-order valence-electron chi connectivity index (χ4n) is 2.35. The molecule has 0 amide bonds. The van der Waals surface area contributed by atoms with Crippen molar-refractivity contribution in [2.24, 2.45) is 0 Å². The van der Waals surface area contributed by atoms with Gasteiger partial charge in [-0.1, -0.05) is 26.0 Å². The van der Waals surface area contributed by atoms with E-state index in [0.717, 1.165) is 37.4 Å². The minimum absolute atomic E-state index is 0.955. The maximum absolute atomic E-state index is 4.50. The van der Waals surface area contributed by atoms with E-state index in [-0.39, 0.29) is 0 Å². The Balaban J connectivity index is 2.11. The zero-order chi connectivity index (χ0) is 13.7. The van der Waals surface area contributed by atoms with E-state index in [1.54, 1.807) is 0 Å². The average molecular weight is 257 g/mol. The highest BCUT2D eigenvalue weighted by Crippen LogP contribution is 2.23. The third-order valence-electron chi connectivity index (χ3n) is 3.63. The van der Waals surface area contributed by atoms with E-state index >= 15 is 0 Å². The number of hydrogen-bond donors (Lipinski definition) is 1. The van der Waals surface area contributed by atoms with Gasteiger partial charge in [0.05, 0.1) is 11.2 Å². The van der Waals surface area contributed by atoms with Crippen molar-refractivity contribution >= 4 is 16.6 Å². The maximum atomic E-state index is 4.50. The number of nitrogens with one attached hydrogen (secondary N) is 1. The van der Waals surface area contributed by atoms with E-state index in [1.807, 2.05) is 6.20 Å². The molecule has 1 heterocycles. The van der Waals surface area contributed by atoms with Gasteiger partial charge in [0.15, 0.2) is 0 Å². The molecule has 0 saturated heterocycles. The quantitative estimate of drug-likeness (QED) is 0.860. The first kappa shape index (κ1) is 13.8. The predicted molar refractivity (Wildman–Crippen MR) is 82.8 cm³/mol. The van der Waals surface area contributed by atoms with E-state index in [9.17, 15) is 0 Å². The Morgan fingerprint density at radius 1 is 1.16 bits per heavy atom. The van der Waals surface area contributed by atoms with Gasteiger partial charge in [0.25, 0.3) is 0 Å². The lowest BCUT2D eigenvalue weighted by atomic mass is 10.1. The van der Waals surface area contributed by atoms with Gasteiger partial charge in [0.1, 0.15) is 0 Å². The molecule has 0 aliphatic heterocycles. The third kappa shape index (κ3) is 3.24. The van der Waals surface area contributed by atoms with Gasteiger partial charge in [-0.05, 0) is 37.7 Å². The number of fused-ring (bicyclic) bond motifs is 1. The first-order chi connectivity index (χ1) is 9.26. The van der Waals surface area contributed by atoms with Crippen LogP contribution in [-0.2, 0) is 0 Å². The third-order valence-corrected chi connectivity index (χ3v) is 3.63. The SMILES string of the molecule is CCN(CC)CCNc1cccc2c(C)ccnc12. The van der Waals surface area contributed by atoms with Crippen LogP contribution in [0.15, 0.2) is 30.5 Å². The monoisotopic (exact) mass is 257 g/mol. The number of likely N-dealkylation sites (N-methyl/N-ethyl adjacent to an activating group) is 1. The minimum Gasteiger partial charge on any atom is -0.382 e. The van der Waals surface area contributed by atoms with Gasteiger partial charge in [-0.3, -0.25) is 4.98 Å². The van der Waals surface area contributed by atoms with Crippen molar-refractivity contribution in [3.63, 3.8) is 0 Å². The molecule has 0 unspecified atom stereocenters. The summed E-state index contributed by atoms with van der Waals surface area (Å²) < 4.78 is 0. The van der Waals surface area contributed by atoms with Gasteiger partial charge in [-0.25, -0.2) is 0 Å². The summed E-state index contributed by atoms with van der Waals surface area (Å²) in [7, 11) is 0. The molecule has 19 heavy (non-hydrogen) atoms. The molecule has 1 N–H and O–H groups in total. The topological polar surface area (TPSA) is 28.2 Å². The minimum atomic E-state index is 0.955. The van der Waals surface area contributed by atoms with E-state index in [0.29, 0.717) is 0 Å². The van der Waals surface area contributed by atoms with E-state index in [4.69, 9.17) is 0 Å². The standard InChI is InChI=1S/C16H23N3/c1-4-19(5-2)12-11-17-15-8-6-7-14-13(3)9-10-18-16(14)15/h6-10,17H,4-5,11-12H2,1-3H3. The molecular formula is C16H23N3. The van der Waals surface area contributed by atoms with Gasteiger partial charge in [0, 0.05) is 24.7 Å².